The molecule has 1 fully saturated rings. The Morgan fingerprint density at radius 3 is 2.87 bits per heavy atom. The number of nitrogens with zero attached hydrogens (tertiary/aromatic N) is 2. The van der Waals surface area contributed by atoms with E-state index in [1.165, 1.54) is 0 Å². The summed E-state index contributed by atoms with van der Waals surface area (Å²) in [7, 11) is 1.95. The summed E-state index contributed by atoms with van der Waals surface area (Å²) >= 11 is 0. The third-order valence-corrected chi connectivity index (χ3v) is 3.59. The molecule has 0 radical (unpaired) electrons. The van der Waals surface area contributed by atoms with Crippen molar-refractivity contribution >= 4 is 0 Å². The van der Waals surface area contributed by atoms with E-state index in [2.05, 4.69) is 18.9 Å². The van der Waals surface area contributed by atoms with E-state index in [9.17, 15) is 5.11 Å². The van der Waals surface area contributed by atoms with Crippen molar-refractivity contribution in [3.63, 3.8) is 0 Å². The highest BCUT2D eigenvalue weighted by atomic mass is 16.3. The quantitative estimate of drug-likeness (QED) is 0.767. The summed E-state index contributed by atoms with van der Waals surface area (Å²) in [5.74, 6) is 0.251. The lowest BCUT2D eigenvalue weighted by molar-refractivity contribution is 0.0534. The molecule has 1 heterocycles. The molecular weight excluding hydrogens is 188 g/mol. The third-order valence-electron chi connectivity index (χ3n) is 3.59. The third kappa shape index (κ3) is 2.07. The molecule has 0 aliphatic heterocycles. The second kappa shape index (κ2) is 3.63. The van der Waals surface area contributed by atoms with Gasteiger partial charge in [-0.2, -0.15) is 5.10 Å². The van der Waals surface area contributed by atoms with Gasteiger partial charge in [-0.15, -0.1) is 0 Å². The van der Waals surface area contributed by atoms with Gasteiger partial charge in [-0.25, -0.2) is 0 Å². The second-order valence-corrected chi connectivity index (χ2v) is 5.46. The summed E-state index contributed by atoms with van der Waals surface area (Å²) in [5, 5.41) is 14.2. The Morgan fingerprint density at radius 2 is 2.27 bits per heavy atom. The molecule has 3 nitrogen and oxygen atoms in total. The lowest BCUT2D eigenvalue weighted by Gasteiger charge is -2.38. The van der Waals surface area contributed by atoms with E-state index in [1.54, 1.807) is 0 Å². The van der Waals surface area contributed by atoms with Gasteiger partial charge in [0.15, 0.2) is 0 Å². The molecule has 1 aromatic heterocycles. The number of aliphatic hydroxyl groups excluding tert-OH is 1. The van der Waals surface area contributed by atoms with Crippen LogP contribution in [0.1, 0.15) is 44.7 Å². The molecule has 0 amide bonds. The number of aromatic nitrogens is 2. The van der Waals surface area contributed by atoms with Gasteiger partial charge in [0.25, 0.3) is 0 Å². The highest BCUT2D eigenvalue weighted by molar-refractivity contribution is 5.12. The van der Waals surface area contributed by atoms with E-state index in [0.29, 0.717) is 5.41 Å². The highest BCUT2D eigenvalue weighted by Crippen LogP contribution is 2.43. The molecule has 1 aliphatic rings. The minimum Gasteiger partial charge on any atom is -0.392 e. The molecule has 1 aliphatic carbocycles. The van der Waals surface area contributed by atoms with Gasteiger partial charge in [0, 0.05) is 24.9 Å². The van der Waals surface area contributed by atoms with E-state index in [4.69, 9.17) is 0 Å². The summed E-state index contributed by atoms with van der Waals surface area (Å²) in [5.41, 5.74) is 1.50. The zero-order valence-corrected chi connectivity index (χ0v) is 9.77. The van der Waals surface area contributed by atoms with Crippen LogP contribution in [0.2, 0.25) is 0 Å². The van der Waals surface area contributed by atoms with Crippen LogP contribution in [0.15, 0.2) is 12.3 Å². The van der Waals surface area contributed by atoms with Crippen LogP contribution in [-0.2, 0) is 7.05 Å². The zero-order valence-electron chi connectivity index (χ0n) is 9.77. The number of rotatable bonds is 1. The fourth-order valence-electron chi connectivity index (χ4n) is 2.62. The van der Waals surface area contributed by atoms with Gasteiger partial charge in [-0.05, 0) is 30.7 Å². The minimum atomic E-state index is -0.201. The Bertz CT molecular complexity index is 343. The molecule has 0 saturated heterocycles. The Balaban J connectivity index is 2.24. The molecule has 0 bridgehead atoms. The topological polar surface area (TPSA) is 38.0 Å². The van der Waals surface area contributed by atoms with Crippen LogP contribution < -0.4 is 0 Å². The number of hydrogen-bond donors (Lipinski definition) is 1. The van der Waals surface area contributed by atoms with Gasteiger partial charge in [0.2, 0.25) is 0 Å². The van der Waals surface area contributed by atoms with Gasteiger partial charge in [-0.1, -0.05) is 13.8 Å². The van der Waals surface area contributed by atoms with Crippen molar-refractivity contribution in [2.75, 3.05) is 0 Å². The second-order valence-electron chi connectivity index (χ2n) is 5.46. The first-order valence-electron chi connectivity index (χ1n) is 5.65. The predicted octanol–water partition coefficient (Wildman–Crippen LogP) is 2.07. The largest absolute Gasteiger partial charge is 0.392 e. The van der Waals surface area contributed by atoms with Gasteiger partial charge >= 0.3 is 0 Å². The lowest BCUT2D eigenvalue weighted by atomic mass is 9.70. The molecule has 15 heavy (non-hydrogen) atoms. The van der Waals surface area contributed by atoms with E-state index >= 15 is 0 Å². The maximum Gasteiger partial charge on any atom is 0.0624 e. The summed E-state index contributed by atoms with van der Waals surface area (Å²) in [6, 6.07) is 2.02. The molecule has 2 rings (SSSR count). The molecule has 2 unspecified atom stereocenters. The normalized spacial score (nSPS) is 30.4. The Hall–Kier alpha value is -0.830. The van der Waals surface area contributed by atoms with Gasteiger partial charge in [0.05, 0.1) is 6.10 Å². The summed E-state index contributed by atoms with van der Waals surface area (Å²) in [4.78, 5) is 0. The van der Waals surface area contributed by atoms with Crippen LogP contribution in [0, 0.1) is 5.41 Å². The molecule has 0 aromatic carbocycles. The van der Waals surface area contributed by atoms with E-state index in [0.717, 1.165) is 25.0 Å². The average molecular weight is 208 g/mol. The van der Waals surface area contributed by atoms with E-state index < -0.39 is 0 Å². The number of aliphatic hydroxyl groups is 1. The van der Waals surface area contributed by atoms with Gasteiger partial charge in [-0.3, -0.25) is 4.68 Å². The molecule has 0 spiro atoms. The van der Waals surface area contributed by atoms with Crippen LogP contribution in [0.4, 0.5) is 0 Å². The van der Waals surface area contributed by atoms with Crippen LogP contribution in [-0.4, -0.2) is 21.0 Å². The predicted molar refractivity (Wildman–Crippen MR) is 59.6 cm³/mol. The SMILES string of the molecule is Cn1nccc1C1CC(C)(C)CCC1O. The van der Waals surface area contributed by atoms with Crippen LogP contribution in [0.25, 0.3) is 0 Å². The summed E-state index contributed by atoms with van der Waals surface area (Å²) in [6.45, 7) is 4.56. The average Bonchev–Trinajstić information content (AvgIpc) is 2.56. The summed E-state index contributed by atoms with van der Waals surface area (Å²) < 4.78 is 1.88. The standard InChI is InChI=1S/C12H20N2O/c1-12(2)6-4-11(15)9(8-12)10-5-7-13-14(10)3/h5,7,9,11,15H,4,6,8H2,1-3H3. The first-order valence-corrected chi connectivity index (χ1v) is 5.65. The van der Waals surface area contributed by atoms with E-state index in [1.807, 2.05) is 24.0 Å². The zero-order chi connectivity index (χ0) is 11.1. The van der Waals surface area contributed by atoms with Gasteiger partial charge < -0.3 is 5.11 Å². The van der Waals surface area contributed by atoms with Crippen molar-refractivity contribution in [2.24, 2.45) is 12.5 Å². The minimum absolute atomic E-state index is 0.201. The summed E-state index contributed by atoms with van der Waals surface area (Å²) in [6.07, 6.45) is 4.68. The fraction of sp³-hybridized carbons (Fsp3) is 0.750. The van der Waals surface area contributed by atoms with Crippen LogP contribution in [0.5, 0.6) is 0 Å². The Morgan fingerprint density at radius 1 is 1.53 bits per heavy atom. The van der Waals surface area contributed by atoms with Crippen molar-refractivity contribution in [2.45, 2.75) is 45.1 Å². The monoisotopic (exact) mass is 208 g/mol. The molecule has 1 N–H and O–H groups in total. The Kier molecular flexibility index (Phi) is 2.59. The maximum absolute atomic E-state index is 10.1. The van der Waals surface area contributed by atoms with E-state index in [-0.39, 0.29) is 12.0 Å². The van der Waals surface area contributed by atoms with Crippen molar-refractivity contribution < 1.29 is 5.11 Å². The van der Waals surface area contributed by atoms with Gasteiger partial charge in [0.1, 0.15) is 0 Å². The molecule has 1 aromatic rings. The van der Waals surface area contributed by atoms with Crippen molar-refractivity contribution in [3.8, 4) is 0 Å². The molecule has 2 atom stereocenters. The Labute approximate surface area is 91.1 Å². The van der Waals surface area contributed by atoms with Crippen LogP contribution >= 0.6 is 0 Å². The molecule has 1 saturated carbocycles. The lowest BCUT2D eigenvalue weighted by Crippen LogP contribution is -2.32. The number of hydrogen-bond acceptors (Lipinski definition) is 2. The first kappa shape index (κ1) is 10.7. The van der Waals surface area contributed by atoms with Crippen molar-refractivity contribution in [1.29, 1.82) is 0 Å². The maximum atomic E-state index is 10.1. The molecule has 3 heteroatoms. The fourth-order valence-corrected chi connectivity index (χ4v) is 2.62. The van der Waals surface area contributed by atoms with Crippen LogP contribution in [0.3, 0.4) is 0 Å². The molecular formula is C12H20N2O. The molecule has 84 valence electrons. The van der Waals surface area contributed by atoms with Crippen molar-refractivity contribution in [3.05, 3.63) is 18.0 Å². The van der Waals surface area contributed by atoms with Crippen molar-refractivity contribution in [1.82, 2.24) is 9.78 Å². The number of aryl methyl sites for hydroxylation is 1. The smallest absolute Gasteiger partial charge is 0.0624 e. The first-order chi connectivity index (χ1) is 6.99. The highest BCUT2D eigenvalue weighted by Gasteiger charge is 2.35.